The Bertz CT molecular complexity index is 777. The second-order valence-corrected chi connectivity index (χ2v) is 5.51. The van der Waals surface area contributed by atoms with Crippen molar-refractivity contribution in [1.29, 1.82) is 0 Å². The van der Waals surface area contributed by atoms with Gasteiger partial charge in [0.05, 0.1) is 11.4 Å². The Balaban J connectivity index is 2.00. The van der Waals surface area contributed by atoms with E-state index in [1.54, 1.807) is 13.8 Å². The van der Waals surface area contributed by atoms with Crippen LogP contribution in [0.1, 0.15) is 11.3 Å². The number of aromatic amines is 1. The highest BCUT2D eigenvalue weighted by Gasteiger charge is 2.10. The zero-order chi connectivity index (χ0) is 16.3. The molecule has 0 atom stereocenters. The SMILES string of the molecule is Cc1nc(SCC(=O)Nc2ccc(F)cc2F)[nH]c(=O)c1C. The predicted molar refractivity (Wildman–Crippen MR) is 80.0 cm³/mol. The third-order valence-corrected chi connectivity index (χ3v) is 3.79. The maximum Gasteiger partial charge on any atom is 0.254 e. The first-order valence-electron chi connectivity index (χ1n) is 6.32. The molecule has 0 saturated carbocycles. The van der Waals surface area contributed by atoms with E-state index in [1.807, 2.05) is 0 Å². The summed E-state index contributed by atoms with van der Waals surface area (Å²) in [6.45, 7) is 3.35. The van der Waals surface area contributed by atoms with Crippen molar-refractivity contribution in [1.82, 2.24) is 9.97 Å². The van der Waals surface area contributed by atoms with Crippen LogP contribution in [0.25, 0.3) is 0 Å². The zero-order valence-corrected chi connectivity index (χ0v) is 12.7. The summed E-state index contributed by atoms with van der Waals surface area (Å²) in [5.74, 6) is -2.13. The molecule has 1 aromatic heterocycles. The standard InChI is InChI=1S/C14H13F2N3O2S/c1-7-8(2)17-14(19-13(7)21)22-6-12(20)18-11-4-3-9(15)5-10(11)16/h3-5H,6H2,1-2H3,(H,18,20)(H,17,19,21). The molecule has 1 amide bonds. The number of halogens is 2. The Hall–Kier alpha value is -2.22. The van der Waals surface area contributed by atoms with Gasteiger partial charge in [0.25, 0.3) is 5.56 Å². The molecular weight excluding hydrogens is 312 g/mol. The van der Waals surface area contributed by atoms with E-state index in [1.165, 1.54) is 0 Å². The molecule has 1 aromatic carbocycles. The van der Waals surface area contributed by atoms with Crippen LogP contribution in [-0.4, -0.2) is 21.6 Å². The number of aromatic nitrogens is 2. The van der Waals surface area contributed by atoms with Gasteiger partial charge in [-0.3, -0.25) is 9.59 Å². The molecule has 0 radical (unpaired) electrons. The van der Waals surface area contributed by atoms with Crippen molar-refractivity contribution in [3.8, 4) is 0 Å². The molecule has 2 N–H and O–H groups in total. The monoisotopic (exact) mass is 325 g/mol. The van der Waals surface area contributed by atoms with Gasteiger partial charge in [-0.2, -0.15) is 0 Å². The van der Waals surface area contributed by atoms with E-state index in [0.717, 1.165) is 23.9 Å². The van der Waals surface area contributed by atoms with Gasteiger partial charge in [-0.1, -0.05) is 11.8 Å². The van der Waals surface area contributed by atoms with Gasteiger partial charge in [0.15, 0.2) is 5.16 Å². The van der Waals surface area contributed by atoms with Crippen molar-refractivity contribution in [2.24, 2.45) is 0 Å². The maximum atomic E-state index is 13.4. The van der Waals surface area contributed by atoms with Crippen LogP contribution in [-0.2, 0) is 4.79 Å². The van der Waals surface area contributed by atoms with Gasteiger partial charge < -0.3 is 10.3 Å². The summed E-state index contributed by atoms with van der Waals surface area (Å²) in [5, 5.41) is 2.64. The zero-order valence-electron chi connectivity index (χ0n) is 11.9. The average molecular weight is 325 g/mol. The summed E-state index contributed by atoms with van der Waals surface area (Å²) in [5.41, 5.74) is 0.729. The molecule has 0 saturated heterocycles. The van der Waals surface area contributed by atoms with Crippen LogP contribution < -0.4 is 10.9 Å². The van der Waals surface area contributed by atoms with Crippen LogP contribution in [0.2, 0.25) is 0 Å². The number of thioether (sulfide) groups is 1. The van der Waals surface area contributed by atoms with Gasteiger partial charge in [0.2, 0.25) is 5.91 Å². The smallest absolute Gasteiger partial charge is 0.254 e. The molecule has 116 valence electrons. The third-order valence-electron chi connectivity index (χ3n) is 2.92. The number of H-pyrrole nitrogens is 1. The molecule has 22 heavy (non-hydrogen) atoms. The van der Waals surface area contributed by atoms with Gasteiger partial charge in [0, 0.05) is 17.3 Å². The van der Waals surface area contributed by atoms with Crippen LogP contribution in [0.4, 0.5) is 14.5 Å². The van der Waals surface area contributed by atoms with Crippen molar-refractivity contribution in [3.63, 3.8) is 0 Å². The molecular formula is C14H13F2N3O2S. The number of carbonyl (C=O) groups excluding carboxylic acids is 1. The molecule has 2 rings (SSSR count). The van der Waals surface area contributed by atoms with Gasteiger partial charge in [-0.05, 0) is 26.0 Å². The number of anilines is 1. The largest absolute Gasteiger partial charge is 0.323 e. The molecule has 0 unspecified atom stereocenters. The number of benzene rings is 1. The summed E-state index contributed by atoms with van der Waals surface area (Å²) in [6.07, 6.45) is 0. The lowest BCUT2D eigenvalue weighted by molar-refractivity contribution is -0.113. The second-order valence-electron chi connectivity index (χ2n) is 4.54. The van der Waals surface area contributed by atoms with Crippen LogP contribution in [0.3, 0.4) is 0 Å². The van der Waals surface area contributed by atoms with E-state index in [0.29, 0.717) is 22.5 Å². The van der Waals surface area contributed by atoms with Crippen molar-refractivity contribution >= 4 is 23.4 Å². The van der Waals surface area contributed by atoms with Crippen molar-refractivity contribution in [2.75, 3.05) is 11.1 Å². The first-order valence-corrected chi connectivity index (χ1v) is 7.30. The number of carbonyl (C=O) groups is 1. The fourth-order valence-electron chi connectivity index (χ4n) is 1.60. The quantitative estimate of drug-likeness (QED) is 0.669. The number of hydrogen-bond donors (Lipinski definition) is 2. The molecule has 8 heteroatoms. The Kier molecular flexibility index (Phi) is 4.92. The Morgan fingerprint density at radius 1 is 1.36 bits per heavy atom. The van der Waals surface area contributed by atoms with E-state index in [4.69, 9.17) is 0 Å². The number of amides is 1. The second kappa shape index (κ2) is 6.69. The van der Waals surface area contributed by atoms with E-state index in [-0.39, 0.29) is 17.0 Å². The van der Waals surface area contributed by atoms with Crippen molar-refractivity contribution < 1.29 is 13.6 Å². The van der Waals surface area contributed by atoms with Crippen molar-refractivity contribution in [2.45, 2.75) is 19.0 Å². The predicted octanol–water partition coefficient (Wildman–Crippen LogP) is 2.40. The summed E-state index contributed by atoms with van der Waals surface area (Å²) in [7, 11) is 0. The van der Waals surface area contributed by atoms with E-state index in [2.05, 4.69) is 15.3 Å². The Morgan fingerprint density at radius 3 is 2.73 bits per heavy atom. The topological polar surface area (TPSA) is 74.8 Å². The molecule has 1 heterocycles. The number of aryl methyl sites for hydroxylation is 1. The fourth-order valence-corrected chi connectivity index (χ4v) is 2.31. The average Bonchev–Trinajstić information content (AvgIpc) is 2.45. The van der Waals surface area contributed by atoms with E-state index < -0.39 is 17.5 Å². The van der Waals surface area contributed by atoms with Gasteiger partial charge in [-0.15, -0.1) is 0 Å². The molecule has 0 bridgehead atoms. The van der Waals surface area contributed by atoms with Gasteiger partial charge in [-0.25, -0.2) is 13.8 Å². The lowest BCUT2D eigenvalue weighted by atomic mass is 10.3. The lowest BCUT2D eigenvalue weighted by Crippen LogP contribution is -2.17. The molecule has 5 nitrogen and oxygen atoms in total. The van der Waals surface area contributed by atoms with Crippen molar-refractivity contribution in [3.05, 3.63) is 51.4 Å². The first kappa shape index (κ1) is 16.2. The highest BCUT2D eigenvalue weighted by molar-refractivity contribution is 7.99. The Morgan fingerprint density at radius 2 is 2.09 bits per heavy atom. The minimum absolute atomic E-state index is 0.0672. The summed E-state index contributed by atoms with van der Waals surface area (Å²) < 4.78 is 26.2. The molecule has 0 fully saturated rings. The fraction of sp³-hybridized carbons (Fsp3) is 0.214. The van der Waals surface area contributed by atoms with Crippen LogP contribution in [0, 0.1) is 25.5 Å². The normalized spacial score (nSPS) is 10.5. The van der Waals surface area contributed by atoms with E-state index >= 15 is 0 Å². The Labute approximate surface area is 129 Å². The molecule has 0 aliphatic rings. The number of hydrogen-bond acceptors (Lipinski definition) is 4. The highest BCUT2D eigenvalue weighted by Crippen LogP contribution is 2.17. The number of nitrogens with zero attached hydrogens (tertiary/aromatic N) is 1. The number of rotatable bonds is 4. The van der Waals surface area contributed by atoms with Crippen LogP contribution >= 0.6 is 11.8 Å². The summed E-state index contributed by atoms with van der Waals surface area (Å²) >= 11 is 1.02. The molecule has 2 aromatic rings. The minimum Gasteiger partial charge on any atom is -0.323 e. The summed E-state index contributed by atoms with van der Waals surface area (Å²) in [6, 6.07) is 2.88. The van der Waals surface area contributed by atoms with Crippen LogP contribution in [0.5, 0.6) is 0 Å². The lowest BCUT2D eigenvalue weighted by Gasteiger charge is -2.07. The molecule has 0 aliphatic heterocycles. The maximum absolute atomic E-state index is 13.4. The minimum atomic E-state index is -0.851. The molecule has 0 spiro atoms. The molecule has 0 aliphatic carbocycles. The third kappa shape index (κ3) is 3.91. The van der Waals surface area contributed by atoms with Crippen LogP contribution in [0.15, 0.2) is 28.2 Å². The van der Waals surface area contributed by atoms with Gasteiger partial charge in [0.1, 0.15) is 11.6 Å². The summed E-state index contributed by atoms with van der Waals surface area (Å²) in [4.78, 5) is 30.0. The number of nitrogens with one attached hydrogen (secondary N) is 2. The van der Waals surface area contributed by atoms with E-state index in [9.17, 15) is 18.4 Å². The first-order chi connectivity index (χ1) is 10.4. The highest BCUT2D eigenvalue weighted by atomic mass is 32.2. The van der Waals surface area contributed by atoms with Gasteiger partial charge >= 0.3 is 0 Å².